The predicted octanol–water partition coefficient (Wildman–Crippen LogP) is 3.35. The summed E-state index contributed by atoms with van der Waals surface area (Å²) in [5.74, 6) is 0.345. The van der Waals surface area contributed by atoms with Crippen LogP contribution in [0.25, 0.3) is 0 Å². The number of amides is 1. The Morgan fingerprint density at radius 2 is 1.84 bits per heavy atom. The smallest absolute Gasteiger partial charge is 0.247 e. The molecule has 0 aliphatic rings. The number of anilines is 1. The number of nitrogens with zero attached hydrogens (tertiary/aromatic N) is 4. The zero-order valence-electron chi connectivity index (χ0n) is 14.5. The lowest BCUT2D eigenvalue weighted by Gasteiger charge is -2.05. The third-order valence-electron chi connectivity index (χ3n) is 4.01. The van der Waals surface area contributed by atoms with Gasteiger partial charge in [-0.2, -0.15) is 10.2 Å². The normalized spacial score (nSPS) is 10.9. The Morgan fingerprint density at radius 3 is 2.48 bits per heavy atom. The molecule has 0 bridgehead atoms. The van der Waals surface area contributed by atoms with Gasteiger partial charge in [0.2, 0.25) is 5.91 Å². The van der Waals surface area contributed by atoms with Gasteiger partial charge in [0.25, 0.3) is 0 Å². The first kappa shape index (κ1) is 17.2. The van der Waals surface area contributed by atoms with Crippen LogP contribution in [0.2, 0.25) is 5.02 Å². The molecule has 130 valence electrons. The number of hydrogen-bond acceptors (Lipinski definition) is 3. The van der Waals surface area contributed by atoms with Gasteiger partial charge in [-0.25, -0.2) is 0 Å². The molecule has 0 saturated heterocycles. The first-order chi connectivity index (χ1) is 11.9. The Balaban J connectivity index is 1.67. The summed E-state index contributed by atoms with van der Waals surface area (Å²) in [6, 6.07) is 11.9. The molecule has 3 rings (SSSR count). The van der Waals surface area contributed by atoms with Gasteiger partial charge < -0.3 is 5.32 Å². The molecule has 0 atom stereocenters. The van der Waals surface area contributed by atoms with Crippen LogP contribution in [-0.4, -0.2) is 25.5 Å². The Kier molecular flexibility index (Phi) is 4.90. The summed E-state index contributed by atoms with van der Waals surface area (Å²) >= 11 is 6.11. The molecule has 1 aromatic carbocycles. The summed E-state index contributed by atoms with van der Waals surface area (Å²) in [5.41, 5.74) is 3.63. The second-order valence-electron chi connectivity index (χ2n) is 6.00. The van der Waals surface area contributed by atoms with E-state index < -0.39 is 0 Å². The van der Waals surface area contributed by atoms with Crippen molar-refractivity contribution in [2.75, 3.05) is 5.32 Å². The highest BCUT2D eigenvalue weighted by Gasteiger charge is 2.13. The van der Waals surface area contributed by atoms with E-state index in [1.165, 1.54) is 0 Å². The fourth-order valence-electron chi connectivity index (χ4n) is 2.64. The van der Waals surface area contributed by atoms with Crippen molar-refractivity contribution < 1.29 is 4.79 Å². The van der Waals surface area contributed by atoms with E-state index >= 15 is 0 Å². The number of aromatic nitrogens is 4. The minimum atomic E-state index is -0.188. The summed E-state index contributed by atoms with van der Waals surface area (Å²) in [5, 5.41) is 12.1. The number of benzene rings is 1. The van der Waals surface area contributed by atoms with Gasteiger partial charge in [-0.05, 0) is 26.3 Å². The van der Waals surface area contributed by atoms with E-state index in [-0.39, 0.29) is 12.5 Å². The maximum Gasteiger partial charge on any atom is 0.247 e. The SMILES string of the molecule is Cc1nn(CC(=O)Nc2cc(C)n(Cc3ccccc3)n2)c(C)c1Cl. The highest BCUT2D eigenvalue weighted by molar-refractivity contribution is 6.31. The molecule has 1 amide bonds. The number of hydrogen-bond donors (Lipinski definition) is 1. The lowest BCUT2D eigenvalue weighted by molar-refractivity contribution is -0.117. The minimum absolute atomic E-state index is 0.101. The average Bonchev–Trinajstić information content (AvgIpc) is 3.03. The van der Waals surface area contributed by atoms with E-state index in [2.05, 4.69) is 15.5 Å². The van der Waals surface area contributed by atoms with Crippen molar-refractivity contribution in [3.8, 4) is 0 Å². The maximum atomic E-state index is 12.3. The summed E-state index contributed by atoms with van der Waals surface area (Å²) in [6.45, 7) is 6.39. The largest absolute Gasteiger partial charge is 0.308 e. The number of carbonyl (C=O) groups is 1. The number of carbonyl (C=O) groups excluding carboxylic acids is 1. The molecule has 0 aliphatic carbocycles. The molecule has 7 heteroatoms. The third kappa shape index (κ3) is 3.91. The molecule has 0 spiro atoms. The maximum absolute atomic E-state index is 12.3. The molecule has 0 fully saturated rings. The fourth-order valence-corrected chi connectivity index (χ4v) is 2.77. The molecule has 0 aliphatic heterocycles. The van der Waals surface area contributed by atoms with Gasteiger partial charge in [0.05, 0.1) is 23.0 Å². The molecular weight excluding hydrogens is 338 g/mol. The van der Waals surface area contributed by atoms with Crippen molar-refractivity contribution in [3.05, 3.63) is 64.1 Å². The van der Waals surface area contributed by atoms with Crippen LogP contribution >= 0.6 is 11.6 Å². The Labute approximate surface area is 151 Å². The first-order valence-corrected chi connectivity index (χ1v) is 8.39. The van der Waals surface area contributed by atoms with Crippen molar-refractivity contribution >= 4 is 23.3 Å². The van der Waals surface area contributed by atoms with Gasteiger partial charge in [-0.1, -0.05) is 41.9 Å². The Hall–Kier alpha value is -2.60. The van der Waals surface area contributed by atoms with Gasteiger partial charge in [0, 0.05) is 11.8 Å². The van der Waals surface area contributed by atoms with Crippen molar-refractivity contribution in [1.29, 1.82) is 0 Å². The molecular formula is C18H20ClN5O. The van der Waals surface area contributed by atoms with E-state index in [1.54, 1.807) is 4.68 Å². The van der Waals surface area contributed by atoms with Gasteiger partial charge in [-0.3, -0.25) is 14.2 Å². The quantitative estimate of drug-likeness (QED) is 0.761. The molecule has 6 nitrogen and oxygen atoms in total. The zero-order valence-corrected chi connectivity index (χ0v) is 15.2. The van der Waals surface area contributed by atoms with Gasteiger partial charge in [-0.15, -0.1) is 0 Å². The summed E-state index contributed by atoms with van der Waals surface area (Å²) in [4.78, 5) is 12.3. The predicted molar refractivity (Wildman–Crippen MR) is 97.8 cm³/mol. The molecule has 25 heavy (non-hydrogen) atoms. The van der Waals surface area contributed by atoms with E-state index in [4.69, 9.17) is 11.6 Å². The highest BCUT2D eigenvalue weighted by atomic mass is 35.5. The van der Waals surface area contributed by atoms with E-state index in [0.29, 0.717) is 17.4 Å². The molecule has 3 aromatic rings. The van der Waals surface area contributed by atoms with Crippen LogP contribution < -0.4 is 5.32 Å². The van der Waals surface area contributed by atoms with Gasteiger partial charge >= 0.3 is 0 Å². The molecule has 1 N–H and O–H groups in total. The third-order valence-corrected chi connectivity index (χ3v) is 4.56. The topological polar surface area (TPSA) is 64.7 Å². The monoisotopic (exact) mass is 357 g/mol. The van der Waals surface area contributed by atoms with E-state index in [0.717, 1.165) is 22.6 Å². The number of halogens is 1. The first-order valence-electron chi connectivity index (χ1n) is 8.02. The number of aryl methyl sites for hydroxylation is 2. The van der Waals surface area contributed by atoms with Crippen LogP contribution in [0.1, 0.15) is 22.6 Å². The fraction of sp³-hybridized carbons (Fsp3) is 0.278. The lowest BCUT2D eigenvalue weighted by Crippen LogP contribution is -2.20. The van der Waals surface area contributed by atoms with E-state index in [9.17, 15) is 4.79 Å². The van der Waals surface area contributed by atoms with Crippen LogP contribution in [0.5, 0.6) is 0 Å². The van der Waals surface area contributed by atoms with E-state index in [1.807, 2.05) is 61.9 Å². The van der Waals surface area contributed by atoms with Crippen molar-refractivity contribution in [1.82, 2.24) is 19.6 Å². The molecule has 0 saturated carbocycles. The summed E-state index contributed by atoms with van der Waals surface area (Å²) in [6.07, 6.45) is 0. The Bertz CT molecular complexity index is 898. The van der Waals surface area contributed by atoms with Crippen LogP contribution in [0, 0.1) is 20.8 Å². The summed E-state index contributed by atoms with van der Waals surface area (Å²) in [7, 11) is 0. The van der Waals surface area contributed by atoms with Gasteiger partial charge in [0.15, 0.2) is 5.82 Å². The number of nitrogens with one attached hydrogen (secondary N) is 1. The highest BCUT2D eigenvalue weighted by Crippen LogP contribution is 2.19. The van der Waals surface area contributed by atoms with Crippen LogP contribution in [0.3, 0.4) is 0 Å². The van der Waals surface area contributed by atoms with Crippen molar-refractivity contribution in [3.63, 3.8) is 0 Å². The molecule has 0 unspecified atom stereocenters. The molecule has 0 radical (unpaired) electrons. The van der Waals surface area contributed by atoms with Crippen LogP contribution in [0.4, 0.5) is 5.82 Å². The Morgan fingerprint density at radius 1 is 1.12 bits per heavy atom. The lowest BCUT2D eigenvalue weighted by atomic mass is 10.2. The second kappa shape index (κ2) is 7.11. The van der Waals surface area contributed by atoms with Crippen molar-refractivity contribution in [2.24, 2.45) is 0 Å². The minimum Gasteiger partial charge on any atom is -0.308 e. The average molecular weight is 358 g/mol. The summed E-state index contributed by atoms with van der Waals surface area (Å²) < 4.78 is 3.46. The second-order valence-corrected chi connectivity index (χ2v) is 6.38. The van der Waals surface area contributed by atoms with Crippen molar-refractivity contribution in [2.45, 2.75) is 33.9 Å². The standard InChI is InChI=1S/C18H20ClN5O/c1-12-9-16(22-23(12)10-15-7-5-4-6-8-15)20-17(25)11-24-14(3)18(19)13(2)21-24/h4-9H,10-11H2,1-3H3,(H,20,22,25). The molecule has 2 aromatic heterocycles. The van der Waals surface area contributed by atoms with Crippen LogP contribution in [0.15, 0.2) is 36.4 Å². The zero-order chi connectivity index (χ0) is 18.0. The number of rotatable bonds is 5. The molecule has 2 heterocycles. The van der Waals surface area contributed by atoms with Crippen LogP contribution in [-0.2, 0) is 17.9 Å². The van der Waals surface area contributed by atoms with Gasteiger partial charge in [0.1, 0.15) is 6.54 Å².